The van der Waals surface area contributed by atoms with Gasteiger partial charge in [-0.05, 0) is 30.8 Å². The standard InChI is InChI=1S/C13H26N2O4S/c1-10(2)9-19-7-4-6-14-13(18)15-11(12(16)17)5-8-20-3/h10-11H,4-9H2,1-3H3,(H,16,17)(H2,14,15,18). The normalized spacial score (nSPS) is 12.2. The van der Waals surface area contributed by atoms with Gasteiger partial charge in [0.1, 0.15) is 6.04 Å². The minimum absolute atomic E-state index is 0.418. The first-order valence-corrected chi connectivity index (χ1v) is 8.20. The summed E-state index contributed by atoms with van der Waals surface area (Å²) in [6, 6.07) is -1.28. The number of hydrogen-bond donors (Lipinski definition) is 3. The number of carboxylic acids is 1. The van der Waals surface area contributed by atoms with E-state index < -0.39 is 18.0 Å². The molecule has 7 heteroatoms. The third-order valence-electron chi connectivity index (χ3n) is 2.42. The lowest BCUT2D eigenvalue weighted by Gasteiger charge is -2.14. The molecule has 1 atom stereocenters. The molecule has 0 radical (unpaired) electrons. The molecule has 0 spiro atoms. The number of ether oxygens (including phenoxy) is 1. The van der Waals surface area contributed by atoms with Crippen molar-refractivity contribution in [2.75, 3.05) is 31.8 Å². The fourth-order valence-electron chi connectivity index (χ4n) is 1.40. The van der Waals surface area contributed by atoms with Crippen LogP contribution in [0, 0.1) is 5.92 Å². The predicted molar refractivity (Wildman–Crippen MR) is 81.2 cm³/mol. The molecule has 0 aromatic carbocycles. The third kappa shape index (κ3) is 10.9. The van der Waals surface area contributed by atoms with Crippen molar-refractivity contribution >= 4 is 23.8 Å². The van der Waals surface area contributed by atoms with Gasteiger partial charge in [0.2, 0.25) is 0 Å². The zero-order valence-corrected chi connectivity index (χ0v) is 13.3. The molecule has 0 aromatic rings. The first-order chi connectivity index (χ1) is 9.47. The van der Waals surface area contributed by atoms with E-state index in [0.29, 0.717) is 44.3 Å². The molecule has 0 fully saturated rings. The van der Waals surface area contributed by atoms with Crippen LogP contribution in [-0.4, -0.2) is 54.9 Å². The number of urea groups is 1. The Kier molecular flexibility index (Phi) is 11.3. The number of aliphatic carboxylic acids is 1. The Bertz CT molecular complexity index is 288. The summed E-state index contributed by atoms with van der Waals surface area (Å²) in [6.07, 6.45) is 3.03. The second kappa shape index (κ2) is 11.8. The second-order valence-corrected chi connectivity index (χ2v) is 5.88. The molecule has 20 heavy (non-hydrogen) atoms. The second-order valence-electron chi connectivity index (χ2n) is 4.89. The predicted octanol–water partition coefficient (Wildman–Crippen LogP) is 1.55. The molecule has 1 unspecified atom stereocenters. The molecule has 0 aliphatic carbocycles. The van der Waals surface area contributed by atoms with Crippen molar-refractivity contribution in [3.8, 4) is 0 Å². The lowest BCUT2D eigenvalue weighted by Crippen LogP contribution is -2.46. The van der Waals surface area contributed by atoms with Gasteiger partial charge in [-0.3, -0.25) is 0 Å². The van der Waals surface area contributed by atoms with Gasteiger partial charge in [-0.25, -0.2) is 9.59 Å². The summed E-state index contributed by atoms with van der Waals surface area (Å²) < 4.78 is 5.38. The maximum atomic E-state index is 11.5. The quantitative estimate of drug-likeness (QED) is 0.504. The summed E-state index contributed by atoms with van der Waals surface area (Å²) in [5.74, 6) is 0.189. The van der Waals surface area contributed by atoms with Gasteiger partial charge < -0.3 is 20.5 Å². The Balaban J connectivity index is 3.71. The third-order valence-corrected chi connectivity index (χ3v) is 3.06. The molecule has 6 nitrogen and oxygen atoms in total. The van der Waals surface area contributed by atoms with E-state index in [4.69, 9.17) is 9.84 Å². The van der Waals surface area contributed by atoms with Crippen LogP contribution in [0.1, 0.15) is 26.7 Å². The summed E-state index contributed by atoms with van der Waals surface area (Å²) in [5, 5.41) is 14.1. The average Bonchev–Trinajstić information content (AvgIpc) is 2.37. The van der Waals surface area contributed by atoms with Crippen LogP contribution in [0.5, 0.6) is 0 Å². The van der Waals surface area contributed by atoms with E-state index in [0.717, 1.165) is 0 Å². The molecule has 0 bridgehead atoms. The first kappa shape index (κ1) is 19.1. The van der Waals surface area contributed by atoms with Gasteiger partial charge in [-0.1, -0.05) is 13.8 Å². The maximum absolute atomic E-state index is 11.5. The Morgan fingerprint density at radius 1 is 1.35 bits per heavy atom. The van der Waals surface area contributed by atoms with Crippen molar-refractivity contribution in [3.63, 3.8) is 0 Å². The van der Waals surface area contributed by atoms with Crippen LogP contribution in [0.3, 0.4) is 0 Å². The molecule has 0 aliphatic heterocycles. The number of carboxylic acid groups (broad SMARTS) is 1. The molecule has 0 rings (SSSR count). The number of amides is 2. The van der Waals surface area contributed by atoms with Crippen LogP contribution < -0.4 is 10.6 Å². The number of carbonyl (C=O) groups is 2. The van der Waals surface area contributed by atoms with E-state index in [1.54, 1.807) is 11.8 Å². The van der Waals surface area contributed by atoms with E-state index in [9.17, 15) is 9.59 Å². The zero-order valence-electron chi connectivity index (χ0n) is 12.5. The molecule has 0 saturated heterocycles. The fourth-order valence-corrected chi connectivity index (χ4v) is 1.87. The fraction of sp³-hybridized carbons (Fsp3) is 0.846. The van der Waals surface area contributed by atoms with Gasteiger partial charge >= 0.3 is 12.0 Å². The topological polar surface area (TPSA) is 87.7 Å². The summed E-state index contributed by atoms with van der Waals surface area (Å²) in [7, 11) is 0. The maximum Gasteiger partial charge on any atom is 0.326 e. The van der Waals surface area contributed by atoms with Crippen LogP contribution in [-0.2, 0) is 9.53 Å². The van der Waals surface area contributed by atoms with Crippen molar-refractivity contribution in [2.24, 2.45) is 5.92 Å². The van der Waals surface area contributed by atoms with Crippen molar-refractivity contribution in [3.05, 3.63) is 0 Å². The van der Waals surface area contributed by atoms with E-state index in [2.05, 4.69) is 24.5 Å². The Hall–Kier alpha value is -0.950. The van der Waals surface area contributed by atoms with Crippen molar-refractivity contribution in [1.29, 1.82) is 0 Å². The molecule has 0 aromatic heterocycles. The van der Waals surface area contributed by atoms with Crippen LogP contribution >= 0.6 is 11.8 Å². The Morgan fingerprint density at radius 2 is 2.05 bits per heavy atom. The monoisotopic (exact) mass is 306 g/mol. The zero-order chi connectivity index (χ0) is 15.4. The molecule has 118 valence electrons. The largest absolute Gasteiger partial charge is 0.480 e. The van der Waals surface area contributed by atoms with E-state index in [-0.39, 0.29) is 0 Å². The van der Waals surface area contributed by atoms with E-state index >= 15 is 0 Å². The molecule has 0 heterocycles. The SMILES string of the molecule is CSCCC(NC(=O)NCCCOCC(C)C)C(=O)O. The molecule has 3 N–H and O–H groups in total. The molecular weight excluding hydrogens is 280 g/mol. The number of hydrogen-bond acceptors (Lipinski definition) is 4. The van der Waals surface area contributed by atoms with Gasteiger partial charge in [0.05, 0.1) is 0 Å². The van der Waals surface area contributed by atoms with Gasteiger partial charge in [0, 0.05) is 19.8 Å². The minimum Gasteiger partial charge on any atom is -0.480 e. The van der Waals surface area contributed by atoms with Crippen LogP contribution in [0.2, 0.25) is 0 Å². The highest BCUT2D eigenvalue weighted by Gasteiger charge is 2.18. The summed E-state index contributed by atoms with van der Waals surface area (Å²) in [6.45, 7) is 5.92. The van der Waals surface area contributed by atoms with Gasteiger partial charge in [-0.15, -0.1) is 0 Å². The smallest absolute Gasteiger partial charge is 0.326 e. The minimum atomic E-state index is -1.01. The number of nitrogens with one attached hydrogen (secondary N) is 2. The van der Waals surface area contributed by atoms with E-state index in [1.165, 1.54) is 0 Å². The Labute approximate surface area is 125 Å². The average molecular weight is 306 g/mol. The molecule has 0 aliphatic rings. The summed E-state index contributed by atoms with van der Waals surface area (Å²) in [5.41, 5.74) is 0. The van der Waals surface area contributed by atoms with Gasteiger partial charge in [0.25, 0.3) is 0 Å². The first-order valence-electron chi connectivity index (χ1n) is 6.81. The number of carbonyl (C=O) groups excluding carboxylic acids is 1. The lowest BCUT2D eigenvalue weighted by atomic mass is 10.2. The molecule has 2 amide bonds. The summed E-state index contributed by atoms with van der Waals surface area (Å²) in [4.78, 5) is 22.5. The van der Waals surface area contributed by atoms with Gasteiger partial charge in [-0.2, -0.15) is 11.8 Å². The van der Waals surface area contributed by atoms with Crippen LogP contribution in [0.25, 0.3) is 0 Å². The van der Waals surface area contributed by atoms with Crippen molar-refractivity contribution in [2.45, 2.75) is 32.7 Å². The Morgan fingerprint density at radius 3 is 2.60 bits per heavy atom. The van der Waals surface area contributed by atoms with Crippen molar-refractivity contribution < 1.29 is 19.4 Å². The number of rotatable bonds is 11. The van der Waals surface area contributed by atoms with Gasteiger partial charge in [0.15, 0.2) is 0 Å². The molecular formula is C13H26N2O4S. The highest BCUT2D eigenvalue weighted by molar-refractivity contribution is 7.98. The highest BCUT2D eigenvalue weighted by Crippen LogP contribution is 2.00. The van der Waals surface area contributed by atoms with Crippen molar-refractivity contribution in [1.82, 2.24) is 10.6 Å². The van der Waals surface area contributed by atoms with E-state index in [1.807, 2.05) is 6.26 Å². The lowest BCUT2D eigenvalue weighted by molar-refractivity contribution is -0.139. The van der Waals surface area contributed by atoms with Crippen LogP contribution in [0.4, 0.5) is 4.79 Å². The molecule has 0 saturated carbocycles. The van der Waals surface area contributed by atoms with Crippen LogP contribution in [0.15, 0.2) is 0 Å². The summed E-state index contributed by atoms with van der Waals surface area (Å²) >= 11 is 1.55. The highest BCUT2D eigenvalue weighted by atomic mass is 32.2. The number of thioether (sulfide) groups is 1.